The predicted octanol–water partition coefficient (Wildman–Crippen LogP) is 4.13. The van der Waals surface area contributed by atoms with Crippen LogP contribution >= 0.6 is 27.7 Å². The number of nitrogens with one attached hydrogen (secondary N) is 1. The molecule has 3 nitrogen and oxygen atoms in total. The number of anilines is 2. The maximum absolute atomic E-state index is 6.02. The highest BCUT2D eigenvalue weighted by molar-refractivity contribution is 9.10. The highest BCUT2D eigenvalue weighted by Gasteiger charge is 2.10. The summed E-state index contributed by atoms with van der Waals surface area (Å²) in [5.41, 5.74) is 8.77. The van der Waals surface area contributed by atoms with E-state index in [2.05, 4.69) is 39.4 Å². The van der Waals surface area contributed by atoms with Crippen LogP contribution in [-0.4, -0.2) is 23.0 Å². The van der Waals surface area contributed by atoms with Gasteiger partial charge in [-0.15, -0.1) is 0 Å². The van der Waals surface area contributed by atoms with Gasteiger partial charge in [-0.05, 0) is 46.8 Å². The molecule has 5 heteroatoms. The third-order valence-electron chi connectivity index (χ3n) is 3.07. The molecule has 1 aromatic carbocycles. The molecule has 1 heterocycles. The van der Waals surface area contributed by atoms with Crippen molar-refractivity contribution >= 4 is 50.0 Å². The van der Waals surface area contributed by atoms with Crippen LogP contribution in [0.4, 0.5) is 11.4 Å². The Bertz CT molecular complexity index is 574. The summed E-state index contributed by atoms with van der Waals surface area (Å²) in [4.78, 5) is 4.49. The maximum Gasteiger partial charge on any atom is 0.0954 e. The van der Waals surface area contributed by atoms with Crippen molar-refractivity contribution in [3.63, 3.8) is 0 Å². The van der Waals surface area contributed by atoms with E-state index < -0.39 is 0 Å². The lowest BCUT2D eigenvalue weighted by molar-refractivity contribution is 0.776. The number of nitrogen functional groups attached to an aromatic ring is 1. The third-order valence-corrected chi connectivity index (χ3v) is 4.24. The number of thioether (sulfide) groups is 1. The molecule has 0 aliphatic rings. The highest BCUT2D eigenvalue weighted by Crippen LogP contribution is 2.29. The Kier molecular flexibility index (Phi) is 4.93. The second kappa shape index (κ2) is 6.48. The second-order valence-corrected chi connectivity index (χ2v) is 6.28. The van der Waals surface area contributed by atoms with Gasteiger partial charge in [-0.2, -0.15) is 11.8 Å². The van der Waals surface area contributed by atoms with Gasteiger partial charge in [0.15, 0.2) is 0 Å². The average molecular weight is 340 g/mol. The fourth-order valence-corrected chi connectivity index (χ4v) is 3.07. The van der Waals surface area contributed by atoms with Gasteiger partial charge < -0.3 is 11.1 Å². The molecule has 0 radical (unpaired) electrons. The number of fused-ring (bicyclic) bond motifs is 1. The van der Waals surface area contributed by atoms with Crippen molar-refractivity contribution in [1.82, 2.24) is 4.98 Å². The van der Waals surface area contributed by atoms with Crippen LogP contribution in [-0.2, 0) is 0 Å². The van der Waals surface area contributed by atoms with Crippen LogP contribution < -0.4 is 11.1 Å². The molecular formula is C14H18BrN3S. The van der Waals surface area contributed by atoms with Crippen molar-refractivity contribution in [3.8, 4) is 0 Å². The molecule has 2 rings (SSSR count). The largest absolute Gasteiger partial charge is 0.398 e. The van der Waals surface area contributed by atoms with Crippen molar-refractivity contribution in [2.75, 3.05) is 23.1 Å². The molecule has 1 atom stereocenters. The van der Waals surface area contributed by atoms with Crippen LogP contribution in [0.2, 0.25) is 0 Å². The number of halogens is 1. The summed E-state index contributed by atoms with van der Waals surface area (Å²) in [6.45, 7) is 2.19. The topological polar surface area (TPSA) is 50.9 Å². The molecule has 3 N–H and O–H groups in total. The first-order chi connectivity index (χ1) is 9.15. The molecule has 0 fully saturated rings. The first kappa shape index (κ1) is 14.5. The average Bonchev–Trinajstić information content (AvgIpc) is 2.41. The van der Waals surface area contributed by atoms with E-state index in [0.29, 0.717) is 6.04 Å². The van der Waals surface area contributed by atoms with Crippen molar-refractivity contribution in [2.24, 2.45) is 0 Å². The summed E-state index contributed by atoms with van der Waals surface area (Å²) < 4.78 is 0.944. The zero-order chi connectivity index (χ0) is 13.8. The molecule has 102 valence electrons. The van der Waals surface area contributed by atoms with E-state index in [1.165, 1.54) is 0 Å². The smallest absolute Gasteiger partial charge is 0.0954 e. The Hall–Kier alpha value is -0.940. The number of hydrogen-bond donors (Lipinski definition) is 2. The van der Waals surface area contributed by atoms with E-state index in [0.717, 1.165) is 38.9 Å². The summed E-state index contributed by atoms with van der Waals surface area (Å²) in [7, 11) is 0. The fourth-order valence-electron chi connectivity index (χ4n) is 2.01. The van der Waals surface area contributed by atoms with E-state index in [1.54, 1.807) is 0 Å². The van der Waals surface area contributed by atoms with Gasteiger partial charge in [0.05, 0.1) is 11.2 Å². The van der Waals surface area contributed by atoms with E-state index in [9.17, 15) is 0 Å². The summed E-state index contributed by atoms with van der Waals surface area (Å²) in [5.74, 6) is 1.08. The van der Waals surface area contributed by atoms with Crippen molar-refractivity contribution in [1.29, 1.82) is 0 Å². The number of pyridine rings is 1. The molecular weight excluding hydrogens is 322 g/mol. The van der Waals surface area contributed by atoms with E-state index in [-0.39, 0.29) is 0 Å². The Morgan fingerprint density at radius 1 is 1.47 bits per heavy atom. The normalized spacial score (nSPS) is 12.6. The van der Waals surface area contributed by atoms with Crippen LogP contribution in [0.25, 0.3) is 10.9 Å². The Morgan fingerprint density at radius 3 is 2.95 bits per heavy atom. The Morgan fingerprint density at radius 2 is 2.26 bits per heavy atom. The second-order valence-electron chi connectivity index (χ2n) is 4.46. The molecule has 0 aliphatic carbocycles. The lowest BCUT2D eigenvalue weighted by Gasteiger charge is -2.18. The molecule has 19 heavy (non-hydrogen) atoms. The zero-order valence-electron chi connectivity index (χ0n) is 11.1. The van der Waals surface area contributed by atoms with Gasteiger partial charge in [0.25, 0.3) is 0 Å². The maximum atomic E-state index is 6.02. The molecule has 1 aromatic heterocycles. The first-order valence-electron chi connectivity index (χ1n) is 6.25. The summed E-state index contributed by atoms with van der Waals surface area (Å²) in [6.07, 6.45) is 5.02. The van der Waals surface area contributed by atoms with Gasteiger partial charge in [0.1, 0.15) is 0 Å². The molecule has 0 aliphatic heterocycles. The van der Waals surface area contributed by atoms with Gasteiger partial charge in [-0.25, -0.2) is 0 Å². The lowest BCUT2D eigenvalue weighted by atomic mass is 10.1. The van der Waals surface area contributed by atoms with Gasteiger partial charge in [-0.1, -0.05) is 6.92 Å². The van der Waals surface area contributed by atoms with Crippen molar-refractivity contribution < 1.29 is 0 Å². The lowest BCUT2D eigenvalue weighted by Crippen LogP contribution is -2.21. The summed E-state index contributed by atoms with van der Waals surface area (Å²) in [5, 5.41) is 4.55. The van der Waals surface area contributed by atoms with E-state index >= 15 is 0 Å². The molecule has 2 aromatic rings. The number of rotatable bonds is 5. The SMILES string of the molecule is CCC(CSC)Nc1ccc(N)c2cc(Br)cnc12. The Labute approximate surface area is 126 Å². The van der Waals surface area contributed by atoms with Gasteiger partial charge in [0, 0.05) is 33.5 Å². The quantitative estimate of drug-likeness (QED) is 0.804. The van der Waals surface area contributed by atoms with Gasteiger partial charge >= 0.3 is 0 Å². The van der Waals surface area contributed by atoms with Crippen LogP contribution in [0.3, 0.4) is 0 Å². The van der Waals surface area contributed by atoms with Crippen molar-refractivity contribution in [3.05, 3.63) is 28.9 Å². The van der Waals surface area contributed by atoms with Crippen LogP contribution in [0.1, 0.15) is 13.3 Å². The Balaban J connectivity index is 2.41. The summed E-state index contributed by atoms with van der Waals surface area (Å²) >= 11 is 5.29. The van der Waals surface area contributed by atoms with Gasteiger partial charge in [0.2, 0.25) is 0 Å². The highest BCUT2D eigenvalue weighted by atomic mass is 79.9. The minimum absolute atomic E-state index is 0.451. The number of nitrogens with two attached hydrogens (primary N) is 1. The number of benzene rings is 1. The number of aromatic nitrogens is 1. The predicted molar refractivity (Wildman–Crippen MR) is 89.9 cm³/mol. The van der Waals surface area contributed by atoms with Crippen LogP contribution in [0.15, 0.2) is 28.9 Å². The molecule has 0 amide bonds. The summed E-state index contributed by atoms with van der Waals surface area (Å²) in [6, 6.07) is 6.41. The fraction of sp³-hybridized carbons (Fsp3) is 0.357. The number of nitrogens with zero attached hydrogens (tertiary/aromatic N) is 1. The number of hydrogen-bond acceptors (Lipinski definition) is 4. The molecule has 0 spiro atoms. The first-order valence-corrected chi connectivity index (χ1v) is 8.43. The van der Waals surface area contributed by atoms with Gasteiger partial charge in [-0.3, -0.25) is 4.98 Å². The van der Waals surface area contributed by atoms with E-state index in [4.69, 9.17) is 5.73 Å². The van der Waals surface area contributed by atoms with Crippen molar-refractivity contribution in [2.45, 2.75) is 19.4 Å². The molecule has 1 unspecified atom stereocenters. The monoisotopic (exact) mass is 339 g/mol. The third kappa shape index (κ3) is 3.34. The minimum Gasteiger partial charge on any atom is -0.398 e. The van der Waals surface area contributed by atoms with Crippen LogP contribution in [0, 0.1) is 0 Å². The minimum atomic E-state index is 0.451. The standard InChI is InChI=1S/C14H18BrN3S/c1-3-10(8-19-2)18-13-5-4-12(16)11-6-9(15)7-17-14(11)13/h4-7,10,18H,3,8,16H2,1-2H3. The molecule has 0 saturated heterocycles. The molecule has 0 bridgehead atoms. The zero-order valence-corrected chi connectivity index (χ0v) is 13.5. The molecule has 0 saturated carbocycles. The van der Waals surface area contributed by atoms with Crippen LogP contribution in [0.5, 0.6) is 0 Å². The van der Waals surface area contributed by atoms with E-state index in [1.807, 2.05) is 36.2 Å².